The highest BCUT2D eigenvalue weighted by atomic mass is 16.6. The van der Waals surface area contributed by atoms with Crippen molar-refractivity contribution in [1.82, 2.24) is 10.2 Å². The molecule has 2 aliphatic rings. The topological polar surface area (TPSA) is 127 Å². The average Bonchev–Trinajstić information content (AvgIpc) is 3.27. The lowest BCUT2D eigenvalue weighted by molar-refractivity contribution is -0.127. The molecular formula is C30H32N2O8. The number of hydrogen-bond acceptors (Lipinski definition) is 8. The van der Waals surface area contributed by atoms with Crippen LogP contribution in [0.25, 0.3) is 0 Å². The van der Waals surface area contributed by atoms with Gasteiger partial charge in [0.1, 0.15) is 35.4 Å². The Morgan fingerprint density at radius 3 is 1.93 bits per heavy atom. The summed E-state index contributed by atoms with van der Waals surface area (Å²) in [6.45, 7) is -0.0611. The van der Waals surface area contributed by atoms with Gasteiger partial charge in [-0.2, -0.15) is 0 Å². The number of benzene rings is 3. The standard InChI is InChI=1S/C30H32N2O8/c1-37-22-12-8-20(9-13-22)30(19-6-4-3-5-7-19,21-10-14-23(38-2)15-11-21)39-18-24-26(34)27(35)28(40-24)32-17-16-25(33)31-29(32)36/h3-15,24,26-28,34-35H,16-18H2,1-2H3,(H,31,33,36)/t24-,26-,27-,28-/m1/s1. The monoisotopic (exact) mass is 548 g/mol. The normalized spacial score (nSPS) is 23.1. The van der Waals surface area contributed by atoms with Crippen LogP contribution < -0.4 is 14.8 Å². The summed E-state index contributed by atoms with van der Waals surface area (Å²) >= 11 is 0. The van der Waals surface area contributed by atoms with E-state index in [1.54, 1.807) is 14.2 Å². The second-order valence-corrected chi connectivity index (χ2v) is 9.66. The summed E-state index contributed by atoms with van der Waals surface area (Å²) in [7, 11) is 3.19. The largest absolute Gasteiger partial charge is 0.497 e. The minimum absolute atomic E-state index is 0.0678. The van der Waals surface area contributed by atoms with Gasteiger partial charge in [-0.3, -0.25) is 15.0 Å². The van der Waals surface area contributed by atoms with Gasteiger partial charge in [0, 0.05) is 13.0 Å². The van der Waals surface area contributed by atoms with Crippen molar-refractivity contribution in [1.29, 1.82) is 0 Å². The Bertz CT molecular complexity index is 1270. The fourth-order valence-corrected chi connectivity index (χ4v) is 5.23. The molecule has 0 saturated carbocycles. The number of methoxy groups -OCH3 is 2. The molecule has 4 atom stereocenters. The summed E-state index contributed by atoms with van der Waals surface area (Å²) < 4.78 is 23.5. The second kappa shape index (κ2) is 11.6. The van der Waals surface area contributed by atoms with Gasteiger partial charge in [0.15, 0.2) is 6.23 Å². The lowest BCUT2D eigenvalue weighted by Gasteiger charge is -2.37. The van der Waals surface area contributed by atoms with Crippen LogP contribution in [-0.4, -0.2) is 79.0 Å². The van der Waals surface area contributed by atoms with E-state index >= 15 is 0 Å². The third-order valence-electron chi connectivity index (χ3n) is 7.37. The molecule has 0 aromatic heterocycles. The minimum atomic E-state index is -1.39. The molecule has 3 N–H and O–H groups in total. The van der Waals surface area contributed by atoms with Crippen molar-refractivity contribution >= 4 is 11.9 Å². The number of urea groups is 1. The van der Waals surface area contributed by atoms with Gasteiger partial charge in [0.2, 0.25) is 5.91 Å². The van der Waals surface area contributed by atoms with Crippen molar-refractivity contribution in [3.8, 4) is 11.5 Å². The summed E-state index contributed by atoms with van der Waals surface area (Å²) in [5, 5.41) is 23.9. The molecule has 3 amide bonds. The van der Waals surface area contributed by atoms with E-state index in [-0.39, 0.29) is 19.6 Å². The zero-order valence-electron chi connectivity index (χ0n) is 22.2. The maximum atomic E-state index is 12.4. The van der Waals surface area contributed by atoms with E-state index in [9.17, 15) is 19.8 Å². The first-order valence-electron chi connectivity index (χ1n) is 13.0. The third kappa shape index (κ3) is 5.14. The summed E-state index contributed by atoms with van der Waals surface area (Å²) in [5.74, 6) is 0.958. The first kappa shape index (κ1) is 27.6. The highest BCUT2D eigenvalue weighted by molar-refractivity contribution is 5.96. The molecule has 3 aromatic carbocycles. The molecule has 5 rings (SSSR count). The van der Waals surface area contributed by atoms with E-state index < -0.39 is 42.1 Å². The maximum Gasteiger partial charge on any atom is 0.326 e. The molecule has 0 unspecified atom stereocenters. The number of carbonyl (C=O) groups is 2. The van der Waals surface area contributed by atoms with E-state index in [0.29, 0.717) is 11.5 Å². The molecule has 0 spiro atoms. The van der Waals surface area contributed by atoms with Crippen molar-refractivity contribution in [3.63, 3.8) is 0 Å². The Morgan fingerprint density at radius 2 is 1.40 bits per heavy atom. The Labute approximate surface area is 232 Å². The van der Waals surface area contributed by atoms with Gasteiger partial charge in [-0.05, 0) is 41.0 Å². The van der Waals surface area contributed by atoms with Crippen LogP contribution in [0.15, 0.2) is 78.9 Å². The molecule has 2 fully saturated rings. The van der Waals surface area contributed by atoms with E-state index in [1.807, 2.05) is 78.9 Å². The van der Waals surface area contributed by atoms with Gasteiger partial charge >= 0.3 is 6.03 Å². The molecule has 0 bridgehead atoms. The van der Waals surface area contributed by atoms with Crippen LogP contribution in [0.1, 0.15) is 23.1 Å². The molecular weight excluding hydrogens is 516 g/mol. The Kier molecular flexibility index (Phi) is 8.04. The summed E-state index contributed by atoms with van der Waals surface area (Å²) in [4.78, 5) is 25.2. The van der Waals surface area contributed by atoms with Gasteiger partial charge < -0.3 is 29.2 Å². The molecule has 40 heavy (non-hydrogen) atoms. The maximum absolute atomic E-state index is 12.4. The van der Waals surface area contributed by atoms with E-state index in [0.717, 1.165) is 16.7 Å². The lowest BCUT2D eigenvalue weighted by Crippen LogP contribution is -2.56. The van der Waals surface area contributed by atoms with Crippen molar-refractivity contribution < 1.29 is 38.7 Å². The number of imide groups is 1. The molecule has 210 valence electrons. The molecule has 3 aromatic rings. The van der Waals surface area contributed by atoms with Crippen molar-refractivity contribution in [3.05, 3.63) is 95.6 Å². The summed E-state index contributed by atoms with van der Waals surface area (Å²) in [6, 6.07) is 24.0. The quantitative estimate of drug-likeness (QED) is 0.348. The number of hydrogen-bond donors (Lipinski definition) is 3. The number of amides is 3. The molecule has 2 aliphatic heterocycles. The molecule has 2 saturated heterocycles. The van der Waals surface area contributed by atoms with Crippen LogP contribution in [0.5, 0.6) is 11.5 Å². The Hall–Kier alpha value is -3.96. The van der Waals surface area contributed by atoms with Crippen molar-refractivity contribution in [2.75, 3.05) is 27.4 Å². The fourth-order valence-electron chi connectivity index (χ4n) is 5.23. The SMILES string of the molecule is COc1ccc(C(OC[C@H]2O[C@@H](N3CCC(=O)NC3=O)[C@H](O)[C@@H]2O)(c2ccccc2)c2ccc(OC)cc2)cc1. The average molecular weight is 549 g/mol. The van der Waals surface area contributed by atoms with Crippen LogP contribution in [0.4, 0.5) is 4.79 Å². The molecule has 2 heterocycles. The van der Waals surface area contributed by atoms with Crippen LogP contribution in [0, 0.1) is 0 Å². The number of rotatable bonds is 9. The van der Waals surface area contributed by atoms with Crippen molar-refractivity contribution in [2.45, 2.75) is 36.6 Å². The number of ether oxygens (including phenoxy) is 4. The van der Waals surface area contributed by atoms with Gasteiger partial charge in [-0.15, -0.1) is 0 Å². The second-order valence-electron chi connectivity index (χ2n) is 9.66. The van der Waals surface area contributed by atoms with Gasteiger partial charge in [-0.1, -0.05) is 54.6 Å². The van der Waals surface area contributed by atoms with Crippen molar-refractivity contribution in [2.24, 2.45) is 0 Å². The number of nitrogens with zero attached hydrogens (tertiary/aromatic N) is 1. The molecule has 0 aliphatic carbocycles. The molecule has 10 nitrogen and oxygen atoms in total. The highest BCUT2D eigenvalue weighted by Gasteiger charge is 2.49. The number of aliphatic hydroxyl groups is 2. The molecule has 0 radical (unpaired) electrons. The molecule has 10 heteroatoms. The van der Waals surface area contributed by atoms with Gasteiger partial charge in [-0.25, -0.2) is 4.79 Å². The Morgan fingerprint density at radius 1 is 0.850 bits per heavy atom. The van der Waals surface area contributed by atoms with E-state index in [2.05, 4.69) is 5.32 Å². The predicted octanol–water partition coefficient (Wildman–Crippen LogP) is 2.40. The van der Waals surface area contributed by atoms with E-state index in [4.69, 9.17) is 18.9 Å². The first-order valence-corrected chi connectivity index (χ1v) is 13.0. The lowest BCUT2D eigenvalue weighted by atomic mass is 9.80. The Balaban J connectivity index is 1.51. The predicted molar refractivity (Wildman–Crippen MR) is 144 cm³/mol. The first-order chi connectivity index (χ1) is 19.4. The van der Waals surface area contributed by atoms with Gasteiger partial charge in [0.25, 0.3) is 0 Å². The minimum Gasteiger partial charge on any atom is -0.497 e. The van der Waals surface area contributed by atoms with Crippen LogP contribution in [-0.2, 0) is 19.9 Å². The third-order valence-corrected chi connectivity index (χ3v) is 7.37. The zero-order chi connectivity index (χ0) is 28.3. The zero-order valence-corrected chi connectivity index (χ0v) is 22.2. The summed E-state index contributed by atoms with van der Waals surface area (Å²) in [5.41, 5.74) is 1.26. The smallest absolute Gasteiger partial charge is 0.326 e. The van der Waals surface area contributed by atoms with E-state index in [1.165, 1.54) is 4.90 Å². The number of carbonyl (C=O) groups excluding carboxylic acids is 2. The summed E-state index contributed by atoms with van der Waals surface area (Å²) in [6.07, 6.45) is -4.76. The van der Waals surface area contributed by atoms with Crippen LogP contribution in [0.3, 0.4) is 0 Å². The van der Waals surface area contributed by atoms with Crippen LogP contribution in [0.2, 0.25) is 0 Å². The van der Waals surface area contributed by atoms with Gasteiger partial charge in [0.05, 0.1) is 20.8 Å². The fraction of sp³-hybridized carbons (Fsp3) is 0.333. The number of nitrogens with one attached hydrogen (secondary N) is 1. The highest BCUT2D eigenvalue weighted by Crippen LogP contribution is 2.42. The van der Waals surface area contributed by atoms with Crippen LogP contribution >= 0.6 is 0 Å². The number of aliphatic hydroxyl groups excluding tert-OH is 2.